The van der Waals surface area contributed by atoms with E-state index in [4.69, 9.17) is 11.6 Å². The largest absolute Gasteiger partial charge is 0.294 e. The highest BCUT2D eigenvalue weighted by molar-refractivity contribution is 6.30. The minimum Gasteiger partial charge on any atom is -0.294 e. The highest BCUT2D eigenvalue weighted by atomic mass is 35.5. The average molecular weight is 287 g/mol. The molecule has 0 N–H and O–H groups in total. The number of rotatable bonds is 6. The summed E-state index contributed by atoms with van der Waals surface area (Å²) < 4.78 is 0. The molecule has 2 rings (SSSR count). The Kier molecular flexibility index (Phi) is 5.37. The van der Waals surface area contributed by atoms with Crippen LogP contribution in [0.5, 0.6) is 0 Å². The Hall–Kier alpha value is -1.60. The van der Waals surface area contributed by atoms with Crippen molar-refractivity contribution in [1.29, 1.82) is 0 Å². The predicted molar refractivity (Wildman–Crippen MR) is 84.5 cm³/mol. The summed E-state index contributed by atoms with van der Waals surface area (Å²) in [6, 6.07) is 15.4. The highest BCUT2D eigenvalue weighted by Crippen LogP contribution is 2.14. The van der Waals surface area contributed by atoms with E-state index in [9.17, 15) is 4.79 Å². The lowest BCUT2D eigenvalue weighted by molar-refractivity contribution is 0.0993. The molecule has 0 bridgehead atoms. The molecule has 0 saturated carbocycles. The first-order valence-corrected chi connectivity index (χ1v) is 7.43. The van der Waals surface area contributed by atoms with Gasteiger partial charge in [0.2, 0.25) is 0 Å². The van der Waals surface area contributed by atoms with E-state index in [1.54, 1.807) is 0 Å². The zero-order valence-corrected chi connectivity index (χ0v) is 12.5. The number of unbranched alkanes of at least 4 members (excludes halogenated alkanes) is 1. The number of benzene rings is 2. The minimum atomic E-state index is 0.134. The molecule has 0 aromatic heterocycles. The van der Waals surface area contributed by atoms with Crippen LogP contribution in [0.2, 0.25) is 5.02 Å². The normalized spacial score (nSPS) is 10.5. The fraction of sp³-hybridized carbons (Fsp3) is 0.278. The van der Waals surface area contributed by atoms with Crippen LogP contribution in [-0.4, -0.2) is 5.78 Å². The molecule has 0 heterocycles. The smallest absolute Gasteiger partial charge is 0.167 e. The Labute approximate surface area is 125 Å². The molecule has 0 radical (unpaired) electrons. The topological polar surface area (TPSA) is 17.1 Å². The van der Waals surface area contributed by atoms with Crippen LogP contribution < -0.4 is 0 Å². The van der Waals surface area contributed by atoms with E-state index in [-0.39, 0.29) is 5.78 Å². The Bertz CT molecular complexity index is 572. The first-order chi connectivity index (χ1) is 9.69. The Morgan fingerprint density at radius 1 is 1.05 bits per heavy atom. The van der Waals surface area contributed by atoms with Gasteiger partial charge in [-0.1, -0.05) is 61.3 Å². The quantitative estimate of drug-likeness (QED) is 0.675. The van der Waals surface area contributed by atoms with Crippen molar-refractivity contribution in [1.82, 2.24) is 0 Å². The van der Waals surface area contributed by atoms with Crippen LogP contribution in [0.15, 0.2) is 48.5 Å². The third kappa shape index (κ3) is 4.21. The Balaban J connectivity index is 2.02. The van der Waals surface area contributed by atoms with Gasteiger partial charge in [-0.2, -0.15) is 0 Å². The second-order valence-electron chi connectivity index (χ2n) is 5.03. The number of hydrogen-bond acceptors (Lipinski definition) is 1. The van der Waals surface area contributed by atoms with Gasteiger partial charge in [0.05, 0.1) is 0 Å². The van der Waals surface area contributed by atoms with Crippen molar-refractivity contribution in [3.05, 3.63) is 70.2 Å². The summed E-state index contributed by atoms with van der Waals surface area (Å²) in [7, 11) is 0. The van der Waals surface area contributed by atoms with E-state index in [2.05, 4.69) is 19.1 Å². The molecule has 0 fully saturated rings. The van der Waals surface area contributed by atoms with E-state index < -0.39 is 0 Å². The summed E-state index contributed by atoms with van der Waals surface area (Å²) >= 11 is 5.93. The summed E-state index contributed by atoms with van der Waals surface area (Å²) in [4.78, 5) is 12.2. The average Bonchev–Trinajstić information content (AvgIpc) is 2.45. The number of hydrogen-bond donors (Lipinski definition) is 0. The van der Waals surface area contributed by atoms with Gasteiger partial charge in [-0.25, -0.2) is 0 Å². The van der Waals surface area contributed by atoms with Crippen molar-refractivity contribution in [2.45, 2.75) is 32.6 Å². The number of carbonyl (C=O) groups excluding carboxylic acids is 1. The molecule has 0 aliphatic heterocycles. The predicted octanol–water partition coefficient (Wildman–Crippen LogP) is 5.11. The highest BCUT2D eigenvalue weighted by Gasteiger charge is 2.07. The molecule has 0 aliphatic rings. The lowest BCUT2D eigenvalue weighted by atomic mass is 10.0. The van der Waals surface area contributed by atoms with Crippen LogP contribution in [0.1, 0.15) is 41.3 Å². The fourth-order valence-corrected chi connectivity index (χ4v) is 2.39. The Morgan fingerprint density at radius 3 is 2.45 bits per heavy atom. The third-order valence-corrected chi connectivity index (χ3v) is 3.58. The standard InChI is InChI=1S/C18H19ClO/c1-2-3-5-14-8-10-16(11-9-14)18(20)13-15-6-4-7-17(19)12-15/h4,6-12H,2-3,5,13H2,1H3. The first-order valence-electron chi connectivity index (χ1n) is 7.05. The van der Waals surface area contributed by atoms with Crippen molar-refractivity contribution in [3.8, 4) is 0 Å². The fourth-order valence-electron chi connectivity index (χ4n) is 2.17. The molecule has 0 amide bonds. The number of aryl methyl sites for hydroxylation is 1. The van der Waals surface area contributed by atoms with Crippen LogP contribution in [0, 0.1) is 0 Å². The number of carbonyl (C=O) groups is 1. The summed E-state index contributed by atoms with van der Waals surface area (Å²) in [5.74, 6) is 0.134. The summed E-state index contributed by atoms with van der Waals surface area (Å²) in [5, 5.41) is 0.671. The van der Waals surface area contributed by atoms with Gasteiger partial charge in [0.1, 0.15) is 0 Å². The van der Waals surface area contributed by atoms with Gasteiger partial charge < -0.3 is 0 Å². The van der Waals surface area contributed by atoms with Crippen molar-refractivity contribution >= 4 is 17.4 Å². The van der Waals surface area contributed by atoms with Gasteiger partial charge in [-0.3, -0.25) is 4.79 Å². The van der Waals surface area contributed by atoms with Gasteiger partial charge in [-0.05, 0) is 36.1 Å². The van der Waals surface area contributed by atoms with E-state index >= 15 is 0 Å². The molecule has 0 spiro atoms. The molecule has 2 aromatic carbocycles. The van der Waals surface area contributed by atoms with Crippen molar-refractivity contribution in [3.63, 3.8) is 0 Å². The molecule has 0 atom stereocenters. The van der Waals surface area contributed by atoms with Gasteiger partial charge in [-0.15, -0.1) is 0 Å². The molecule has 0 unspecified atom stereocenters. The van der Waals surface area contributed by atoms with Crippen LogP contribution >= 0.6 is 11.6 Å². The minimum absolute atomic E-state index is 0.134. The van der Waals surface area contributed by atoms with Crippen molar-refractivity contribution in [2.75, 3.05) is 0 Å². The molecule has 0 aliphatic carbocycles. The van der Waals surface area contributed by atoms with E-state index in [0.717, 1.165) is 17.5 Å². The third-order valence-electron chi connectivity index (χ3n) is 3.35. The molecule has 20 heavy (non-hydrogen) atoms. The van der Waals surface area contributed by atoms with Gasteiger partial charge in [0, 0.05) is 17.0 Å². The van der Waals surface area contributed by atoms with E-state index in [0.29, 0.717) is 11.4 Å². The number of Topliss-reactive ketones (excluding diaryl/α,β-unsaturated/α-hetero) is 1. The lowest BCUT2D eigenvalue weighted by Gasteiger charge is -2.04. The molecule has 104 valence electrons. The zero-order chi connectivity index (χ0) is 14.4. The second-order valence-corrected chi connectivity index (χ2v) is 5.47. The van der Waals surface area contributed by atoms with Crippen LogP contribution in [-0.2, 0) is 12.8 Å². The molecular formula is C18H19ClO. The maximum Gasteiger partial charge on any atom is 0.167 e. The molecule has 0 saturated heterocycles. The number of ketones is 1. The Morgan fingerprint density at radius 2 is 1.80 bits per heavy atom. The maximum absolute atomic E-state index is 12.2. The van der Waals surface area contributed by atoms with Gasteiger partial charge in [0.25, 0.3) is 0 Å². The maximum atomic E-state index is 12.2. The van der Waals surface area contributed by atoms with Crippen LogP contribution in [0.25, 0.3) is 0 Å². The van der Waals surface area contributed by atoms with Crippen molar-refractivity contribution in [2.24, 2.45) is 0 Å². The lowest BCUT2D eigenvalue weighted by Crippen LogP contribution is -2.03. The SMILES string of the molecule is CCCCc1ccc(C(=O)Cc2cccc(Cl)c2)cc1. The van der Waals surface area contributed by atoms with Gasteiger partial charge in [0.15, 0.2) is 5.78 Å². The molecular weight excluding hydrogens is 268 g/mol. The first kappa shape index (κ1) is 14.8. The van der Waals surface area contributed by atoms with Crippen LogP contribution in [0.3, 0.4) is 0 Å². The van der Waals surface area contributed by atoms with E-state index in [1.807, 2.05) is 36.4 Å². The molecule has 2 aromatic rings. The van der Waals surface area contributed by atoms with Crippen molar-refractivity contribution < 1.29 is 4.79 Å². The van der Waals surface area contributed by atoms with Crippen LogP contribution in [0.4, 0.5) is 0 Å². The summed E-state index contributed by atoms with van der Waals surface area (Å²) in [5.41, 5.74) is 3.02. The monoisotopic (exact) mass is 286 g/mol. The summed E-state index contributed by atoms with van der Waals surface area (Å²) in [6.07, 6.45) is 3.86. The van der Waals surface area contributed by atoms with E-state index in [1.165, 1.54) is 18.4 Å². The molecule has 2 heteroatoms. The number of halogens is 1. The summed E-state index contributed by atoms with van der Waals surface area (Å²) in [6.45, 7) is 2.18. The second kappa shape index (κ2) is 7.25. The molecule has 1 nitrogen and oxygen atoms in total. The van der Waals surface area contributed by atoms with Gasteiger partial charge >= 0.3 is 0 Å². The zero-order valence-electron chi connectivity index (χ0n) is 11.7.